The van der Waals surface area contributed by atoms with Gasteiger partial charge in [-0.05, 0) is 37.5 Å². The predicted octanol–water partition coefficient (Wildman–Crippen LogP) is 1.76. The number of carbonyl (C=O) groups is 2. The van der Waals surface area contributed by atoms with Gasteiger partial charge in [0.15, 0.2) is 0 Å². The number of aliphatic carboxylic acids is 1. The lowest BCUT2D eigenvalue weighted by Gasteiger charge is -2.19. The van der Waals surface area contributed by atoms with Crippen LogP contribution in [0.2, 0.25) is 0 Å². The molecule has 5 heteroatoms. The van der Waals surface area contributed by atoms with Gasteiger partial charge in [-0.1, -0.05) is 6.42 Å². The van der Waals surface area contributed by atoms with E-state index in [1.807, 2.05) is 19.1 Å². The number of hydrogen-bond acceptors (Lipinski definition) is 3. The average Bonchev–Trinajstić information content (AvgIpc) is 2.89. The highest BCUT2D eigenvalue weighted by Crippen LogP contribution is 2.32. The van der Waals surface area contributed by atoms with E-state index in [1.165, 1.54) is 0 Å². The molecule has 2 N–H and O–H groups in total. The largest absolute Gasteiger partial charge is 0.481 e. The minimum atomic E-state index is -0.866. The summed E-state index contributed by atoms with van der Waals surface area (Å²) < 4.78 is 0. The monoisotopic (exact) mass is 262 g/mol. The van der Waals surface area contributed by atoms with Gasteiger partial charge in [-0.3, -0.25) is 14.6 Å². The van der Waals surface area contributed by atoms with E-state index in [2.05, 4.69) is 10.3 Å². The van der Waals surface area contributed by atoms with Gasteiger partial charge in [-0.15, -0.1) is 0 Å². The quantitative estimate of drug-likeness (QED) is 0.866. The third-order valence-corrected chi connectivity index (χ3v) is 3.73. The molecule has 0 radical (unpaired) electrons. The Bertz CT molecular complexity index is 461. The lowest BCUT2D eigenvalue weighted by molar-refractivity contribution is -0.146. The molecule has 0 aromatic carbocycles. The number of rotatable bonds is 4. The molecule has 1 heterocycles. The maximum Gasteiger partial charge on any atom is 0.307 e. The summed E-state index contributed by atoms with van der Waals surface area (Å²) in [6.45, 7) is 1.89. The molecule has 3 atom stereocenters. The highest BCUT2D eigenvalue weighted by Gasteiger charge is 2.38. The summed E-state index contributed by atoms with van der Waals surface area (Å²) in [4.78, 5) is 27.2. The van der Waals surface area contributed by atoms with Gasteiger partial charge >= 0.3 is 5.97 Å². The third-order valence-electron chi connectivity index (χ3n) is 3.73. The minimum absolute atomic E-state index is 0.134. The molecule has 102 valence electrons. The van der Waals surface area contributed by atoms with Crippen molar-refractivity contribution in [3.8, 4) is 0 Å². The van der Waals surface area contributed by atoms with Crippen LogP contribution >= 0.6 is 0 Å². The molecule has 0 bridgehead atoms. The van der Waals surface area contributed by atoms with E-state index in [0.717, 1.165) is 12.0 Å². The second-order valence-electron chi connectivity index (χ2n) is 4.99. The van der Waals surface area contributed by atoms with Crippen LogP contribution in [0.3, 0.4) is 0 Å². The highest BCUT2D eigenvalue weighted by molar-refractivity contribution is 5.85. The number of amides is 1. The molecule has 19 heavy (non-hydrogen) atoms. The normalized spacial score (nSPS) is 23.8. The highest BCUT2D eigenvalue weighted by atomic mass is 16.4. The summed E-state index contributed by atoms with van der Waals surface area (Å²) in [5.41, 5.74) is 0.966. The van der Waals surface area contributed by atoms with E-state index in [0.29, 0.717) is 12.8 Å². The smallest absolute Gasteiger partial charge is 0.307 e. The SMILES string of the molecule is C[C@H](NC(=O)C1CCCC1C(=O)O)c1ccncc1. The fourth-order valence-corrected chi connectivity index (χ4v) is 2.63. The summed E-state index contributed by atoms with van der Waals surface area (Å²) in [7, 11) is 0. The van der Waals surface area contributed by atoms with Crippen LogP contribution < -0.4 is 5.32 Å². The van der Waals surface area contributed by atoms with Gasteiger partial charge < -0.3 is 10.4 Å². The standard InChI is InChI=1S/C14H18N2O3/c1-9(10-5-7-15-8-6-10)16-13(17)11-3-2-4-12(11)14(18)19/h5-9,11-12H,2-4H2,1H3,(H,16,17)(H,18,19)/t9-,11?,12?/m0/s1. The Morgan fingerprint density at radius 1 is 1.32 bits per heavy atom. The van der Waals surface area contributed by atoms with Crippen LogP contribution in [0.5, 0.6) is 0 Å². The van der Waals surface area contributed by atoms with Crippen LogP contribution in [0.4, 0.5) is 0 Å². The zero-order valence-electron chi connectivity index (χ0n) is 10.9. The molecule has 0 saturated heterocycles. The van der Waals surface area contributed by atoms with Crippen molar-refractivity contribution in [1.82, 2.24) is 10.3 Å². The molecule has 1 fully saturated rings. The van der Waals surface area contributed by atoms with Crippen molar-refractivity contribution < 1.29 is 14.7 Å². The maximum atomic E-state index is 12.2. The Labute approximate surface area is 112 Å². The summed E-state index contributed by atoms with van der Waals surface area (Å²) in [5.74, 6) is -1.96. The van der Waals surface area contributed by atoms with Crippen LogP contribution in [0.1, 0.15) is 37.8 Å². The van der Waals surface area contributed by atoms with Crippen LogP contribution in [0, 0.1) is 11.8 Å². The van der Waals surface area contributed by atoms with Crippen molar-refractivity contribution in [1.29, 1.82) is 0 Å². The van der Waals surface area contributed by atoms with E-state index in [9.17, 15) is 9.59 Å². The Kier molecular flexibility index (Phi) is 4.14. The van der Waals surface area contributed by atoms with Gasteiger partial charge in [0.1, 0.15) is 0 Å². The van der Waals surface area contributed by atoms with E-state index in [1.54, 1.807) is 12.4 Å². The van der Waals surface area contributed by atoms with Crippen molar-refractivity contribution in [2.24, 2.45) is 11.8 Å². The van der Waals surface area contributed by atoms with Crippen molar-refractivity contribution >= 4 is 11.9 Å². The first-order valence-corrected chi connectivity index (χ1v) is 6.52. The molecule has 1 aromatic heterocycles. The number of nitrogens with one attached hydrogen (secondary N) is 1. The van der Waals surface area contributed by atoms with Crippen LogP contribution in [-0.2, 0) is 9.59 Å². The van der Waals surface area contributed by atoms with E-state index in [4.69, 9.17) is 5.11 Å². The van der Waals surface area contributed by atoms with Crippen molar-refractivity contribution in [2.45, 2.75) is 32.2 Å². The molecule has 0 spiro atoms. The maximum absolute atomic E-state index is 12.2. The molecule has 2 rings (SSSR count). The Morgan fingerprint density at radius 3 is 2.58 bits per heavy atom. The molecular formula is C14H18N2O3. The lowest BCUT2D eigenvalue weighted by Crippen LogP contribution is -2.36. The lowest BCUT2D eigenvalue weighted by atomic mass is 9.95. The summed E-state index contributed by atoms with van der Waals surface area (Å²) in [6.07, 6.45) is 5.41. The molecule has 1 aliphatic rings. The zero-order valence-corrected chi connectivity index (χ0v) is 10.9. The zero-order chi connectivity index (χ0) is 13.8. The topological polar surface area (TPSA) is 79.3 Å². The first-order valence-electron chi connectivity index (χ1n) is 6.52. The van der Waals surface area contributed by atoms with Crippen molar-refractivity contribution in [2.75, 3.05) is 0 Å². The van der Waals surface area contributed by atoms with Crippen molar-refractivity contribution in [3.05, 3.63) is 30.1 Å². The molecule has 0 aliphatic heterocycles. The molecule has 1 amide bonds. The molecule has 1 aliphatic carbocycles. The molecule has 1 aromatic rings. The minimum Gasteiger partial charge on any atom is -0.481 e. The third kappa shape index (κ3) is 3.10. The summed E-state index contributed by atoms with van der Waals surface area (Å²) in [5, 5.41) is 12.0. The molecule has 5 nitrogen and oxygen atoms in total. The van der Waals surface area contributed by atoms with Crippen LogP contribution in [-0.4, -0.2) is 22.0 Å². The number of carbonyl (C=O) groups excluding carboxylic acids is 1. The number of carboxylic acids is 1. The van der Waals surface area contributed by atoms with E-state index < -0.39 is 17.8 Å². The Hall–Kier alpha value is -1.91. The number of nitrogens with zero attached hydrogens (tertiary/aromatic N) is 1. The number of hydrogen-bond donors (Lipinski definition) is 2. The van der Waals surface area contributed by atoms with Crippen LogP contribution in [0.15, 0.2) is 24.5 Å². The molecule has 1 saturated carbocycles. The van der Waals surface area contributed by atoms with Gasteiger partial charge in [-0.2, -0.15) is 0 Å². The number of pyridine rings is 1. The Morgan fingerprint density at radius 2 is 1.95 bits per heavy atom. The van der Waals surface area contributed by atoms with Gasteiger partial charge in [0.25, 0.3) is 0 Å². The average molecular weight is 262 g/mol. The Balaban J connectivity index is 1.99. The van der Waals surface area contributed by atoms with Crippen LogP contribution in [0.25, 0.3) is 0 Å². The van der Waals surface area contributed by atoms with Gasteiger partial charge in [-0.25, -0.2) is 0 Å². The molecule has 2 unspecified atom stereocenters. The van der Waals surface area contributed by atoms with E-state index >= 15 is 0 Å². The van der Waals surface area contributed by atoms with Gasteiger partial charge in [0.2, 0.25) is 5.91 Å². The molecular weight excluding hydrogens is 244 g/mol. The fourth-order valence-electron chi connectivity index (χ4n) is 2.63. The first-order chi connectivity index (χ1) is 9.09. The second kappa shape index (κ2) is 5.82. The summed E-state index contributed by atoms with van der Waals surface area (Å²) >= 11 is 0. The van der Waals surface area contributed by atoms with Gasteiger partial charge in [0.05, 0.1) is 17.9 Å². The summed E-state index contributed by atoms with van der Waals surface area (Å²) in [6, 6.07) is 3.55. The second-order valence-corrected chi connectivity index (χ2v) is 4.99. The fraction of sp³-hybridized carbons (Fsp3) is 0.500. The first kappa shape index (κ1) is 13.5. The van der Waals surface area contributed by atoms with E-state index in [-0.39, 0.29) is 11.9 Å². The number of carboxylic acid groups (broad SMARTS) is 1. The van der Waals surface area contributed by atoms with Crippen molar-refractivity contribution in [3.63, 3.8) is 0 Å². The predicted molar refractivity (Wildman–Crippen MR) is 69.3 cm³/mol. The number of aromatic nitrogens is 1. The van der Waals surface area contributed by atoms with Gasteiger partial charge in [0, 0.05) is 12.4 Å².